The Labute approximate surface area is 160 Å². The van der Waals surface area contributed by atoms with Gasteiger partial charge in [-0.25, -0.2) is 0 Å². The lowest BCUT2D eigenvalue weighted by Crippen LogP contribution is -2.66. The summed E-state index contributed by atoms with van der Waals surface area (Å²) >= 11 is 0. The van der Waals surface area contributed by atoms with E-state index in [9.17, 15) is 15.0 Å². The number of aliphatic hydroxyl groups excluding tert-OH is 2. The van der Waals surface area contributed by atoms with Crippen LogP contribution in [-0.2, 0) is 14.3 Å². The molecule has 0 aromatic carbocycles. The molecule has 0 spiro atoms. The zero-order valence-electron chi connectivity index (χ0n) is 15.8. The van der Waals surface area contributed by atoms with Gasteiger partial charge in [-0.3, -0.25) is 4.79 Å². The summed E-state index contributed by atoms with van der Waals surface area (Å²) in [7, 11) is 0. The minimum absolute atomic E-state index is 0.00276. The van der Waals surface area contributed by atoms with Crippen molar-refractivity contribution >= 4 is 5.91 Å². The number of nitrogens with one attached hydrogen (secondary N) is 2. The number of hydrogen-bond acceptors (Lipinski definition) is 10. The lowest BCUT2D eigenvalue weighted by atomic mass is 9.96. The molecule has 1 fully saturated rings. The van der Waals surface area contributed by atoms with E-state index >= 15 is 0 Å². The Morgan fingerprint density at radius 3 is 2.48 bits per heavy atom. The quantitative estimate of drug-likeness (QED) is 0.142. The summed E-state index contributed by atoms with van der Waals surface area (Å²) in [5.41, 5.74) is 22.3. The highest BCUT2D eigenvalue weighted by Gasteiger charge is 2.45. The predicted molar refractivity (Wildman–Crippen MR) is 100 cm³/mol. The molecule has 27 heavy (non-hydrogen) atoms. The van der Waals surface area contributed by atoms with Gasteiger partial charge < -0.3 is 53.3 Å². The molecule has 11 nitrogen and oxygen atoms in total. The normalized spacial score (nSPS) is 29.5. The molecule has 0 saturated carbocycles. The first-order valence-electron chi connectivity index (χ1n) is 9.46. The van der Waals surface area contributed by atoms with Gasteiger partial charge in [-0.05, 0) is 19.4 Å². The van der Waals surface area contributed by atoms with E-state index in [4.69, 9.17) is 32.4 Å². The zero-order valence-corrected chi connectivity index (χ0v) is 15.8. The molecule has 1 aliphatic rings. The van der Waals surface area contributed by atoms with Crippen molar-refractivity contribution in [2.75, 3.05) is 39.3 Å². The molecule has 160 valence electrons. The number of carbonyl (C=O) groups is 1. The monoisotopic (exact) mass is 392 g/mol. The van der Waals surface area contributed by atoms with Gasteiger partial charge in [-0.1, -0.05) is 6.42 Å². The maximum absolute atomic E-state index is 12.3. The van der Waals surface area contributed by atoms with Gasteiger partial charge in [0, 0.05) is 26.2 Å². The maximum Gasteiger partial charge on any atom is 0.237 e. The van der Waals surface area contributed by atoms with Gasteiger partial charge in [-0.15, -0.1) is 0 Å². The smallest absolute Gasteiger partial charge is 0.237 e. The molecule has 1 heterocycles. The molecule has 0 radical (unpaired) electrons. The average Bonchev–Trinajstić information content (AvgIpc) is 2.66. The molecule has 1 aliphatic heterocycles. The van der Waals surface area contributed by atoms with Crippen molar-refractivity contribution in [3.8, 4) is 0 Å². The van der Waals surface area contributed by atoms with Gasteiger partial charge in [-0.2, -0.15) is 0 Å². The number of ether oxygens (including phenoxy) is 2. The fourth-order valence-electron chi connectivity index (χ4n) is 2.81. The predicted octanol–water partition coefficient (Wildman–Crippen LogP) is -4.10. The highest BCUT2D eigenvalue weighted by molar-refractivity contribution is 5.81. The van der Waals surface area contributed by atoms with Gasteiger partial charge in [0.1, 0.15) is 24.4 Å². The van der Waals surface area contributed by atoms with Crippen molar-refractivity contribution < 1.29 is 24.5 Å². The van der Waals surface area contributed by atoms with Crippen LogP contribution in [0.5, 0.6) is 0 Å². The van der Waals surface area contributed by atoms with Crippen molar-refractivity contribution in [3.05, 3.63) is 0 Å². The molecule has 0 aromatic rings. The van der Waals surface area contributed by atoms with Crippen LogP contribution in [0.3, 0.4) is 0 Å². The van der Waals surface area contributed by atoms with E-state index in [-0.39, 0.29) is 13.2 Å². The van der Waals surface area contributed by atoms with Gasteiger partial charge >= 0.3 is 0 Å². The second-order valence-corrected chi connectivity index (χ2v) is 6.59. The van der Waals surface area contributed by atoms with Crippen LogP contribution in [0.25, 0.3) is 0 Å². The number of amides is 1. The fourth-order valence-corrected chi connectivity index (χ4v) is 2.81. The average molecular weight is 393 g/mol. The lowest BCUT2D eigenvalue weighted by Gasteiger charge is -2.42. The molecule has 0 aromatic heterocycles. The van der Waals surface area contributed by atoms with Crippen molar-refractivity contribution in [1.29, 1.82) is 0 Å². The van der Waals surface area contributed by atoms with E-state index in [1.807, 2.05) is 0 Å². The largest absolute Gasteiger partial charge is 0.388 e. The van der Waals surface area contributed by atoms with Crippen LogP contribution in [0.15, 0.2) is 0 Å². The van der Waals surface area contributed by atoms with E-state index in [1.165, 1.54) is 0 Å². The number of carbonyl (C=O) groups excluding carboxylic acids is 1. The molecular weight excluding hydrogens is 356 g/mol. The summed E-state index contributed by atoms with van der Waals surface area (Å²) in [5, 5.41) is 26.3. The summed E-state index contributed by atoms with van der Waals surface area (Å²) < 4.78 is 11.3. The topological polar surface area (TPSA) is 204 Å². The number of nitrogens with two attached hydrogens (primary N) is 4. The minimum atomic E-state index is -1.30. The second kappa shape index (κ2) is 13.3. The molecule has 12 N–H and O–H groups in total. The van der Waals surface area contributed by atoms with Gasteiger partial charge in [0.25, 0.3) is 0 Å². The van der Waals surface area contributed by atoms with E-state index in [0.717, 1.165) is 12.8 Å². The summed E-state index contributed by atoms with van der Waals surface area (Å²) in [6, 6.07) is -1.72. The van der Waals surface area contributed by atoms with Crippen LogP contribution in [0.1, 0.15) is 19.3 Å². The Hall–Kier alpha value is -0.890. The van der Waals surface area contributed by atoms with E-state index in [0.29, 0.717) is 32.6 Å². The summed E-state index contributed by atoms with van der Waals surface area (Å²) in [4.78, 5) is 12.3. The highest BCUT2D eigenvalue weighted by Crippen LogP contribution is 2.22. The van der Waals surface area contributed by atoms with Gasteiger partial charge in [0.2, 0.25) is 5.91 Å². The summed E-state index contributed by atoms with van der Waals surface area (Å²) in [6.07, 6.45) is -2.34. The van der Waals surface area contributed by atoms with E-state index in [1.54, 1.807) is 0 Å². The molecule has 11 heteroatoms. The summed E-state index contributed by atoms with van der Waals surface area (Å²) in [6.45, 7) is 2.45. The van der Waals surface area contributed by atoms with Crippen LogP contribution >= 0.6 is 0 Å². The first-order chi connectivity index (χ1) is 13.0. The van der Waals surface area contributed by atoms with E-state index in [2.05, 4.69) is 10.6 Å². The Balaban J connectivity index is 2.66. The molecular formula is C16H36N6O5. The second-order valence-electron chi connectivity index (χ2n) is 6.59. The third-order valence-electron chi connectivity index (χ3n) is 4.43. The SMILES string of the molecule is NCCCC[C@H](N)C(=O)N[C@H]1[C@@H](OCCNCCN)O[C@H](CN)[C@@H](O)[C@@H]1O. The van der Waals surface area contributed by atoms with Crippen LogP contribution in [0.4, 0.5) is 0 Å². The zero-order chi connectivity index (χ0) is 20.2. The van der Waals surface area contributed by atoms with Gasteiger partial charge in [0.05, 0.1) is 12.6 Å². The molecule has 0 bridgehead atoms. The Morgan fingerprint density at radius 2 is 1.85 bits per heavy atom. The number of hydrogen-bond donors (Lipinski definition) is 8. The number of aliphatic hydroxyl groups is 2. The highest BCUT2D eigenvalue weighted by atomic mass is 16.7. The Kier molecular flexibility index (Phi) is 11.9. The van der Waals surface area contributed by atoms with Crippen molar-refractivity contribution in [2.24, 2.45) is 22.9 Å². The molecule has 1 saturated heterocycles. The lowest BCUT2D eigenvalue weighted by molar-refractivity contribution is -0.261. The first-order valence-corrected chi connectivity index (χ1v) is 9.46. The third kappa shape index (κ3) is 7.94. The maximum atomic E-state index is 12.3. The molecule has 0 aliphatic carbocycles. The van der Waals surface area contributed by atoms with Gasteiger partial charge in [0.15, 0.2) is 6.29 Å². The standard InChI is InChI=1S/C16H36N6O5/c17-4-2-1-3-10(20)15(25)22-12-14(24)13(23)11(9-19)27-16(12)26-8-7-21-6-5-18/h10-14,16,21,23-24H,1-9,17-20H2,(H,22,25)/t10-,11+,12+,13+,14+,16-/m0/s1. The van der Waals surface area contributed by atoms with Crippen LogP contribution < -0.4 is 33.6 Å². The van der Waals surface area contributed by atoms with E-state index < -0.39 is 42.6 Å². The third-order valence-corrected chi connectivity index (χ3v) is 4.43. The van der Waals surface area contributed by atoms with Crippen LogP contribution in [0.2, 0.25) is 0 Å². The van der Waals surface area contributed by atoms with Crippen molar-refractivity contribution in [2.45, 2.75) is 55.9 Å². The first kappa shape index (κ1) is 24.1. The fraction of sp³-hybridized carbons (Fsp3) is 0.938. The van der Waals surface area contributed by atoms with Crippen molar-refractivity contribution in [1.82, 2.24) is 10.6 Å². The molecule has 1 rings (SSSR count). The molecule has 0 unspecified atom stereocenters. The molecule has 6 atom stereocenters. The Bertz CT molecular complexity index is 419. The van der Waals surface area contributed by atoms with Crippen LogP contribution in [-0.4, -0.2) is 92.1 Å². The Morgan fingerprint density at radius 1 is 1.11 bits per heavy atom. The number of rotatable bonds is 13. The summed E-state index contributed by atoms with van der Waals surface area (Å²) in [5.74, 6) is -0.451. The minimum Gasteiger partial charge on any atom is -0.388 e. The molecule has 1 amide bonds. The van der Waals surface area contributed by atoms with Crippen molar-refractivity contribution in [3.63, 3.8) is 0 Å². The number of unbranched alkanes of at least 4 members (excludes halogenated alkanes) is 1. The van der Waals surface area contributed by atoms with Crippen LogP contribution in [0, 0.1) is 0 Å².